The molecule has 0 fully saturated rings. The summed E-state index contributed by atoms with van der Waals surface area (Å²) in [6.07, 6.45) is 12.5. The van der Waals surface area contributed by atoms with Crippen LogP contribution < -0.4 is 0 Å². The topological polar surface area (TPSA) is 25.8 Å². The molecule has 0 radical (unpaired) electrons. The lowest BCUT2D eigenvalue weighted by atomic mass is 9.85. The molecule has 0 saturated carbocycles. The Labute approximate surface area is 321 Å². The molecule has 0 N–H and O–H groups in total. The van der Waals surface area contributed by atoms with Gasteiger partial charge in [-0.25, -0.2) is 9.97 Å². The van der Waals surface area contributed by atoms with Crippen LogP contribution in [0.15, 0.2) is 83.6 Å². The third-order valence-electron chi connectivity index (χ3n) is 10.3. The summed E-state index contributed by atoms with van der Waals surface area (Å²) in [5, 5.41) is 4.71. The molecule has 0 amide bonds. The first-order valence-corrected chi connectivity index (χ1v) is 21.4. The van der Waals surface area contributed by atoms with Crippen LogP contribution in [0.5, 0.6) is 0 Å². The number of nitrogens with zero attached hydrogens (tertiary/aromatic N) is 2. The molecule has 6 rings (SSSR count). The van der Waals surface area contributed by atoms with E-state index in [1.165, 1.54) is 94.5 Å². The van der Waals surface area contributed by atoms with Gasteiger partial charge in [0.25, 0.3) is 0 Å². The van der Waals surface area contributed by atoms with Crippen LogP contribution in [0.1, 0.15) is 129 Å². The maximum atomic E-state index is 5.67. The largest absolute Gasteiger partial charge is 0.243 e. The van der Waals surface area contributed by atoms with E-state index >= 15 is 0 Å². The smallest absolute Gasteiger partial charge is 0.0988 e. The fourth-order valence-electron chi connectivity index (χ4n) is 7.00. The summed E-state index contributed by atoms with van der Waals surface area (Å²) >= 11 is 3.69. The molecule has 0 aliphatic rings. The average Bonchev–Trinajstić information content (AvgIpc) is 3.80. The molecule has 0 atom stereocenters. The standard InChI is InChI=1S/C48H58N2S2/c1-9-11-13-15-17-33-29-41(51-31-33)39-27-28-40(42-30-34(32-52-42)18-16-14-12-10-2)46-45(39)49-43(35-19-23-37(24-20-35)47(3,4)5)44(50-46)36-21-25-38(26-22-36)48(6,7)8/h19-32H,9-18H2,1-8H3. The van der Waals surface area contributed by atoms with Crippen molar-refractivity contribution in [3.63, 3.8) is 0 Å². The zero-order valence-electron chi connectivity index (χ0n) is 32.9. The molecule has 2 nitrogen and oxygen atoms in total. The first-order chi connectivity index (χ1) is 25.0. The van der Waals surface area contributed by atoms with Gasteiger partial charge in [-0.1, -0.05) is 155 Å². The molecule has 0 spiro atoms. The van der Waals surface area contributed by atoms with Crippen molar-refractivity contribution in [1.82, 2.24) is 9.97 Å². The Morgan fingerprint density at radius 2 is 0.865 bits per heavy atom. The summed E-state index contributed by atoms with van der Waals surface area (Å²) in [7, 11) is 0. The summed E-state index contributed by atoms with van der Waals surface area (Å²) in [6.45, 7) is 18.2. The van der Waals surface area contributed by atoms with Gasteiger partial charge in [-0.2, -0.15) is 0 Å². The van der Waals surface area contributed by atoms with Crippen molar-refractivity contribution in [3.8, 4) is 43.4 Å². The van der Waals surface area contributed by atoms with Crippen LogP contribution in [-0.4, -0.2) is 9.97 Å². The summed E-state index contributed by atoms with van der Waals surface area (Å²) < 4.78 is 0. The molecule has 3 aromatic heterocycles. The lowest BCUT2D eigenvalue weighted by molar-refractivity contribution is 0.590. The predicted molar refractivity (Wildman–Crippen MR) is 230 cm³/mol. The Hall–Kier alpha value is -3.60. The van der Waals surface area contributed by atoms with E-state index < -0.39 is 0 Å². The Morgan fingerprint density at radius 1 is 0.481 bits per heavy atom. The normalized spacial score (nSPS) is 12.2. The Morgan fingerprint density at radius 3 is 1.21 bits per heavy atom. The van der Waals surface area contributed by atoms with E-state index in [1.54, 1.807) is 0 Å². The summed E-state index contributed by atoms with van der Waals surface area (Å²) in [6, 6.07) is 27.5. The van der Waals surface area contributed by atoms with Gasteiger partial charge in [0.2, 0.25) is 0 Å². The maximum absolute atomic E-state index is 5.67. The molecule has 0 aliphatic carbocycles. The van der Waals surface area contributed by atoms with Gasteiger partial charge < -0.3 is 0 Å². The van der Waals surface area contributed by atoms with Crippen LogP contribution in [0.2, 0.25) is 0 Å². The minimum atomic E-state index is 0.0737. The van der Waals surface area contributed by atoms with Crippen molar-refractivity contribution < 1.29 is 0 Å². The number of thiophene rings is 2. The van der Waals surface area contributed by atoms with E-state index in [4.69, 9.17) is 9.97 Å². The van der Waals surface area contributed by atoms with Crippen molar-refractivity contribution in [2.75, 3.05) is 0 Å². The molecule has 3 heterocycles. The highest BCUT2D eigenvalue weighted by atomic mass is 32.1. The average molecular weight is 727 g/mol. The van der Waals surface area contributed by atoms with Crippen LogP contribution in [0.25, 0.3) is 54.4 Å². The van der Waals surface area contributed by atoms with Crippen LogP contribution in [0, 0.1) is 0 Å². The molecule has 0 unspecified atom stereocenters. The lowest BCUT2D eigenvalue weighted by Gasteiger charge is -2.20. The minimum Gasteiger partial charge on any atom is -0.243 e. The zero-order chi connectivity index (χ0) is 36.9. The monoisotopic (exact) mass is 726 g/mol. The van der Waals surface area contributed by atoms with Crippen molar-refractivity contribution in [3.05, 3.63) is 106 Å². The van der Waals surface area contributed by atoms with Gasteiger partial charge in [-0.3, -0.25) is 0 Å². The van der Waals surface area contributed by atoms with E-state index in [1.807, 2.05) is 22.7 Å². The highest BCUT2D eigenvalue weighted by Gasteiger charge is 2.22. The second-order valence-electron chi connectivity index (χ2n) is 16.7. The summed E-state index contributed by atoms with van der Waals surface area (Å²) in [5.74, 6) is 0. The van der Waals surface area contributed by atoms with Gasteiger partial charge in [0.15, 0.2) is 0 Å². The molecule has 6 aromatic rings. The Bertz CT molecular complexity index is 1910. The van der Waals surface area contributed by atoms with Gasteiger partial charge in [-0.05, 0) is 81.7 Å². The number of fused-ring (bicyclic) bond motifs is 1. The van der Waals surface area contributed by atoms with Gasteiger partial charge in [0.05, 0.1) is 22.4 Å². The van der Waals surface area contributed by atoms with Crippen LogP contribution >= 0.6 is 22.7 Å². The van der Waals surface area contributed by atoms with E-state index in [0.717, 1.165) is 46.4 Å². The number of hydrogen-bond donors (Lipinski definition) is 0. The SMILES string of the molecule is CCCCCCc1csc(-c2ccc(-c3cc(CCCCCC)cs3)c3nc(-c4ccc(C(C)(C)C)cc4)c(-c4ccc(C(C)(C)C)cc4)nc23)c1. The third kappa shape index (κ3) is 8.95. The first kappa shape index (κ1) is 38.1. The number of unbranched alkanes of at least 4 members (excludes halogenated alkanes) is 6. The van der Waals surface area contributed by atoms with E-state index in [2.05, 4.69) is 139 Å². The molecule has 3 aromatic carbocycles. The van der Waals surface area contributed by atoms with Crippen LogP contribution in [0.3, 0.4) is 0 Å². The van der Waals surface area contributed by atoms with Crippen molar-refractivity contribution in [2.45, 2.75) is 130 Å². The lowest BCUT2D eigenvalue weighted by Crippen LogP contribution is -2.10. The van der Waals surface area contributed by atoms with Crippen LogP contribution in [0.4, 0.5) is 0 Å². The highest BCUT2D eigenvalue weighted by molar-refractivity contribution is 7.14. The number of rotatable bonds is 14. The molecular formula is C48H58N2S2. The Balaban J connectivity index is 1.54. The fraction of sp³-hybridized carbons (Fsp3) is 0.417. The van der Waals surface area contributed by atoms with Gasteiger partial charge in [0, 0.05) is 32.0 Å². The number of hydrogen-bond acceptors (Lipinski definition) is 4. The second-order valence-corrected chi connectivity index (χ2v) is 18.5. The van der Waals surface area contributed by atoms with Crippen molar-refractivity contribution >= 4 is 33.7 Å². The zero-order valence-corrected chi connectivity index (χ0v) is 34.5. The third-order valence-corrected chi connectivity index (χ3v) is 12.4. The molecule has 0 bridgehead atoms. The second kappa shape index (κ2) is 16.6. The molecular weight excluding hydrogens is 669 g/mol. The molecule has 0 aliphatic heterocycles. The predicted octanol–water partition coefficient (Wildman–Crippen LogP) is 15.3. The minimum absolute atomic E-state index is 0.0737. The molecule has 0 saturated heterocycles. The maximum Gasteiger partial charge on any atom is 0.0988 e. The highest BCUT2D eigenvalue weighted by Crippen LogP contribution is 2.42. The fourth-order valence-corrected chi connectivity index (χ4v) is 8.95. The van der Waals surface area contributed by atoms with Crippen LogP contribution in [-0.2, 0) is 23.7 Å². The number of benzene rings is 3. The first-order valence-electron chi connectivity index (χ1n) is 19.7. The molecule has 272 valence electrons. The Kier molecular flexibility index (Phi) is 12.2. The molecule has 52 heavy (non-hydrogen) atoms. The van der Waals surface area contributed by atoms with Crippen molar-refractivity contribution in [2.24, 2.45) is 0 Å². The number of aryl methyl sites for hydroxylation is 2. The van der Waals surface area contributed by atoms with Gasteiger partial charge in [-0.15, -0.1) is 22.7 Å². The van der Waals surface area contributed by atoms with E-state index in [0.29, 0.717) is 0 Å². The molecule has 4 heteroatoms. The van der Waals surface area contributed by atoms with E-state index in [9.17, 15) is 0 Å². The number of aromatic nitrogens is 2. The van der Waals surface area contributed by atoms with Crippen molar-refractivity contribution in [1.29, 1.82) is 0 Å². The van der Waals surface area contributed by atoms with Gasteiger partial charge >= 0.3 is 0 Å². The summed E-state index contributed by atoms with van der Waals surface area (Å²) in [5.41, 5.74) is 14.0. The quantitative estimate of drug-likeness (QED) is 0.104. The summed E-state index contributed by atoms with van der Waals surface area (Å²) in [4.78, 5) is 13.9. The van der Waals surface area contributed by atoms with E-state index in [-0.39, 0.29) is 10.8 Å². The van der Waals surface area contributed by atoms with Gasteiger partial charge in [0.1, 0.15) is 0 Å².